The van der Waals surface area contributed by atoms with Crippen molar-refractivity contribution in [3.8, 4) is 0 Å². The van der Waals surface area contributed by atoms with Crippen LogP contribution in [0.4, 0.5) is 0 Å². The minimum atomic E-state index is 0.816. The molecule has 0 aromatic heterocycles. The van der Waals surface area contributed by atoms with E-state index < -0.39 is 0 Å². The zero-order valence-corrected chi connectivity index (χ0v) is 11.3. The molecule has 0 unspecified atom stereocenters. The molecule has 0 N–H and O–H groups in total. The topological polar surface area (TPSA) is 0 Å². The van der Waals surface area contributed by atoms with Crippen LogP contribution in [-0.4, -0.2) is 0 Å². The minimum absolute atomic E-state index is 0.816. The lowest BCUT2D eigenvalue weighted by atomic mass is 9.95. The van der Waals surface area contributed by atoms with Crippen LogP contribution in [0.1, 0.15) is 27.8 Å². The van der Waals surface area contributed by atoms with Crippen molar-refractivity contribution >= 4 is 11.6 Å². The lowest BCUT2D eigenvalue weighted by molar-refractivity contribution is 1.11. The molecule has 88 valence electrons. The predicted molar refractivity (Wildman–Crippen MR) is 74.9 cm³/mol. The third-order valence-electron chi connectivity index (χ3n) is 3.41. The van der Waals surface area contributed by atoms with Gasteiger partial charge in [0, 0.05) is 5.02 Å². The molecule has 2 aromatic carbocycles. The van der Waals surface area contributed by atoms with Crippen LogP contribution < -0.4 is 0 Å². The van der Waals surface area contributed by atoms with Crippen molar-refractivity contribution in [1.29, 1.82) is 0 Å². The van der Waals surface area contributed by atoms with Crippen LogP contribution in [0.3, 0.4) is 0 Å². The number of rotatable bonds is 2. The fourth-order valence-corrected chi connectivity index (χ4v) is 2.23. The van der Waals surface area contributed by atoms with Crippen molar-refractivity contribution < 1.29 is 0 Å². The summed E-state index contributed by atoms with van der Waals surface area (Å²) in [6.45, 7) is 6.48. The van der Waals surface area contributed by atoms with Gasteiger partial charge in [-0.25, -0.2) is 0 Å². The molecule has 0 aliphatic heterocycles. The minimum Gasteiger partial charge on any atom is -0.0843 e. The molecule has 0 saturated carbocycles. The van der Waals surface area contributed by atoms with E-state index in [1.54, 1.807) is 0 Å². The standard InChI is InChI=1S/C16H17Cl/c1-11-5-4-6-14(13(11)3)9-15-10-16(17)8-7-12(15)2/h4-8,10H,9H2,1-3H3. The fraction of sp³-hybridized carbons (Fsp3) is 0.250. The SMILES string of the molecule is Cc1ccc(Cl)cc1Cc1cccc(C)c1C. The lowest BCUT2D eigenvalue weighted by Crippen LogP contribution is -1.96. The Kier molecular flexibility index (Phi) is 3.54. The first-order chi connectivity index (χ1) is 8.08. The fourth-order valence-electron chi connectivity index (χ4n) is 2.04. The first kappa shape index (κ1) is 12.2. The van der Waals surface area contributed by atoms with Crippen molar-refractivity contribution in [2.75, 3.05) is 0 Å². The third-order valence-corrected chi connectivity index (χ3v) is 3.64. The summed E-state index contributed by atoms with van der Waals surface area (Å²) in [5, 5.41) is 0.816. The summed E-state index contributed by atoms with van der Waals surface area (Å²) in [4.78, 5) is 0. The van der Waals surface area contributed by atoms with Crippen LogP contribution in [0.2, 0.25) is 5.02 Å². The Morgan fingerprint density at radius 3 is 2.41 bits per heavy atom. The molecular weight excluding hydrogens is 228 g/mol. The summed E-state index contributed by atoms with van der Waals surface area (Å²) in [6, 6.07) is 12.6. The van der Waals surface area contributed by atoms with E-state index in [0.717, 1.165) is 11.4 Å². The van der Waals surface area contributed by atoms with Gasteiger partial charge in [0.15, 0.2) is 0 Å². The Balaban J connectivity index is 2.38. The van der Waals surface area contributed by atoms with Crippen molar-refractivity contribution in [1.82, 2.24) is 0 Å². The summed E-state index contributed by atoms with van der Waals surface area (Å²) < 4.78 is 0. The number of aryl methyl sites for hydroxylation is 2. The molecule has 2 aromatic rings. The van der Waals surface area contributed by atoms with Crippen LogP contribution >= 0.6 is 11.6 Å². The van der Waals surface area contributed by atoms with Gasteiger partial charge in [0.05, 0.1) is 0 Å². The summed E-state index contributed by atoms with van der Waals surface area (Å²) >= 11 is 6.05. The molecule has 0 amide bonds. The number of hydrogen-bond donors (Lipinski definition) is 0. The molecule has 0 bridgehead atoms. The normalized spacial score (nSPS) is 10.6. The molecule has 0 atom stereocenters. The van der Waals surface area contributed by atoms with E-state index in [2.05, 4.69) is 51.1 Å². The van der Waals surface area contributed by atoms with Gasteiger partial charge in [0.2, 0.25) is 0 Å². The molecule has 0 nitrogen and oxygen atoms in total. The highest BCUT2D eigenvalue weighted by Crippen LogP contribution is 2.21. The molecule has 0 heterocycles. The molecule has 0 aliphatic rings. The van der Waals surface area contributed by atoms with E-state index in [1.165, 1.54) is 27.8 Å². The Morgan fingerprint density at radius 2 is 1.65 bits per heavy atom. The largest absolute Gasteiger partial charge is 0.0843 e. The average Bonchev–Trinajstić information content (AvgIpc) is 2.30. The summed E-state index contributed by atoms with van der Waals surface area (Å²) in [6.07, 6.45) is 0.958. The second-order valence-corrected chi connectivity index (χ2v) is 5.04. The zero-order valence-electron chi connectivity index (χ0n) is 10.5. The van der Waals surface area contributed by atoms with Crippen molar-refractivity contribution in [2.24, 2.45) is 0 Å². The Hall–Kier alpha value is -1.27. The first-order valence-electron chi connectivity index (χ1n) is 5.88. The number of halogens is 1. The monoisotopic (exact) mass is 244 g/mol. The molecular formula is C16H17Cl. The molecule has 1 heteroatoms. The maximum absolute atomic E-state index is 6.05. The molecule has 0 saturated heterocycles. The highest BCUT2D eigenvalue weighted by Gasteiger charge is 2.05. The lowest BCUT2D eigenvalue weighted by Gasteiger charge is -2.11. The Bertz CT molecular complexity index is 541. The molecule has 17 heavy (non-hydrogen) atoms. The second-order valence-electron chi connectivity index (χ2n) is 4.61. The summed E-state index contributed by atoms with van der Waals surface area (Å²) in [5.41, 5.74) is 6.73. The molecule has 0 aliphatic carbocycles. The van der Waals surface area contributed by atoms with Crippen LogP contribution in [0.25, 0.3) is 0 Å². The Morgan fingerprint density at radius 1 is 0.882 bits per heavy atom. The number of benzene rings is 2. The van der Waals surface area contributed by atoms with E-state index in [1.807, 2.05) is 6.07 Å². The van der Waals surface area contributed by atoms with Gasteiger partial charge in [-0.3, -0.25) is 0 Å². The first-order valence-corrected chi connectivity index (χ1v) is 6.26. The Labute approximate surface area is 108 Å². The molecule has 0 radical (unpaired) electrons. The highest BCUT2D eigenvalue weighted by atomic mass is 35.5. The quantitative estimate of drug-likeness (QED) is 0.708. The number of hydrogen-bond acceptors (Lipinski definition) is 0. The van der Waals surface area contributed by atoms with Gasteiger partial charge >= 0.3 is 0 Å². The van der Waals surface area contributed by atoms with Crippen LogP contribution in [0, 0.1) is 20.8 Å². The molecule has 2 rings (SSSR count). The van der Waals surface area contributed by atoms with Gasteiger partial charge < -0.3 is 0 Å². The smallest absolute Gasteiger partial charge is 0.0409 e. The predicted octanol–water partition coefficient (Wildman–Crippen LogP) is 4.86. The van der Waals surface area contributed by atoms with E-state index in [4.69, 9.17) is 11.6 Å². The molecule has 0 spiro atoms. The zero-order chi connectivity index (χ0) is 12.4. The van der Waals surface area contributed by atoms with Gasteiger partial charge in [0.25, 0.3) is 0 Å². The molecule has 0 fully saturated rings. The van der Waals surface area contributed by atoms with E-state index in [9.17, 15) is 0 Å². The van der Waals surface area contributed by atoms with Gasteiger partial charge in [-0.1, -0.05) is 35.9 Å². The van der Waals surface area contributed by atoms with Gasteiger partial charge in [-0.05, 0) is 67.1 Å². The maximum atomic E-state index is 6.05. The van der Waals surface area contributed by atoms with E-state index in [0.29, 0.717) is 0 Å². The summed E-state index contributed by atoms with van der Waals surface area (Å²) in [7, 11) is 0. The van der Waals surface area contributed by atoms with Crippen LogP contribution in [-0.2, 0) is 6.42 Å². The van der Waals surface area contributed by atoms with E-state index >= 15 is 0 Å². The van der Waals surface area contributed by atoms with Gasteiger partial charge in [-0.2, -0.15) is 0 Å². The third kappa shape index (κ3) is 2.70. The average molecular weight is 245 g/mol. The van der Waals surface area contributed by atoms with Crippen molar-refractivity contribution in [2.45, 2.75) is 27.2 Å². The maximum Gasteiger partial charge on any atom is 0.0409 e. The second kappa shape index (κ2) is 4.93. The van der Waals surface area contributed by atoms with Crippen LogP contribution in [0.5, 0.6) is 0 Å². The highest BCUT2D eigenvalue weighted by molar-refractivity contribution is 6.30. The van der Waals surface area contributed by atoms with E-state index in [-0.39, 0.29) is 0 Å². The van der Waals surface area contributed by atoms with Gasteiger partial charge in [-0.15, -0.1) is 0 Å². The van der Waals surface area contributed by atoms with Crippen molar-refractivity contribution in [3.63, 3.8) is 0 Å². The van der Waals surface area contributed by atoms with Crippen LogP contribution in [0.15, 0.2) is 36.4 Å². The van der Waals surface area contributed by atoms with Gasteiger partial charge in [0.1, 0.15) is 0 Å². The summed E-state index contributed by atoms with van der Waals surface area (Å²) in [5.74, 6) is 0. The van der Waals surface area contributed by atoms with Crippen molar-refractivity contribution in [3.05, 3.63) is 69.2 Å².